The van der Waals surface area contributed by atoms with E-state index in [9.17, 15) is 28.1 Å². The van der Waals surface area contributed by atoms with Gasteiger partial charge in [-0.25, -0.2) is 0 Å². The van der Waals surface area contributed by atoms with Gasteiger partial charge >= 0.3 is 18.2 Å². The summed E-state index contributed by atoms with van der Waals surface area (Å²) in [6, 6.07) is 1.73. The first-order chi connectivity index (χ1) is 9.20. The van der Waals surface area contributed by atoms with Gasteiger partial charge in [0, 0.05) is 19.1 Å². The van der Waals surface area contributed by atoms with E-state index in [1.54, 1.807) is 0 Å². The van der Waals surface area contributed by atoms with Gasteiger partial charge in [0.2, 0.25) is 11.7 Å². The molecular formula is C10H7F3N2O5. The number of carbonyl (C=O) groups excluding carboxylic acids is 1. The SMILES string of the molecule is CC(=O)Nc1cc2c(c([N+](=O)[O-])c1)OC(F)C(F)(F)O2. The van der Waals surface area contributed by atoms with Crippen molar-refractivity contribution < 1.29 is 32.4 Å². The number of carbonyl (C=O) groups is 1. The van der Waals surface area contributed by atoms with E-state index in [0.717, 1.165) is 19.1 Å². The van der Waals surface area contributed by atoms with E-state index >= 15 is 0 Å². The number of alkyl halides is 3. The van der Waals surface area contributed by atoms with Crippen LogP contribution in [0, 0.1) is 10.1 Å². The normalized spacial score (nSPS) is 19.3. The molecule has 0 saturated heterocycles. The van der Waals surface area contributed by atoms with Crippen LogP contribution in [0.2, 0.25) is 0 Å². The summed E-state index contributed by atoms with van der Waals surface area (Å²) in [7, 11) is 0. The monoisotopic (exact) mass is 292 g/mol. The summed E-state index contributed by atoms with van der Waals surface area (Å²) in [5.74, 6) is -2.07. The Bertz CT molecular complexity index is 593. The van der Waals surface area contributed by atoms with Gasteiger partial charge in [-0.2, -0.15) is 13.2 Å². The van der Waals surface area contributed by atoms with Gasteiger partial charge in [-0.3, -0.25) is 14.9 Å². The van der Waals surface area contributed by atoms with Crippen LogP contribution in [-0.2, 0) is 4.79 Å². The van der Waals surface area contributed by atoms with Crippen molar-refractivity contribution in [3.05, 3.63) is 22.2 Å². The van der Waals surface area contributed by atoms with Crippen molar-refractivity contribution in [1.29, 1.82) is 0 Å². The quantitative estimate of drug-likeness (QED) is 0.666. The van der Waals surface area contributed by atoms with Crippen molar-refractivity contribution in [1.82, 2.24) is 0 Å². The van der Waals surface area contributed by atoms with Crippen LogP contribution in [0.25, 0.3) is 0 Å². The molecule has 7 nitrogen and oxygen atoms in total. The molecule has 0 spiro atoms. The van der Waals surface area contributed by atoms with E-state index in [2.05, 4.69) is 14.8 Å². The zero-order chi connectivity index (χ0) is 15.1. The summed E-state index contributed by atoms with van der Waals surface area (Å²) in [5, 5.41) is 13.0. The van der Waals surface area contributed by atoms with Crippen LogP contribution in [0.5, 0.6) is 11.5 Å². The van der Waals surface area contributed by atoms with Crippen molar-refractivity contribution >= 4 is 17.3 Å². The molecule has 2 rings (SSSR count). The van der Waals surface area contributed by atoms with E-state index in [4.69, 9.17) is 0 Å². The van der Waals surface area contributed by atoms with Crippen molar-refractivity contribution in [2.45, 2.75) is 19.4 Å². The Hall–Kier alpha value is -2.52. The third-order valence-electron chi connectivity index (χ3n) is 2.28. The van der Waals surface area contributed by atoms with Crippen molar-refractivity contribution in [2.24, 2.45) is 0 Å². The van der Waals surface area contributed by atoms with Crippen LogP contribution in [0.1, 0.15) is 6.92 Å². The number of ether oxygens (including phenoxy) is 2. The van der Waals surface area contributed by atoms with Gasteiger partial charge in [0.25, 0.3) is 0 Å². The standard InChI is InChI=1S/C10H7F3N2O5/c1-4(16)14-5-2-6(15(17)18)8-7(3-5)20-10(12,13)9(11)19-8/h2-3,9H,1H3,(H,14,16). The molecule has 0 radical (unpaired) electrons. The van der Waals surface area contributed by atoms with Gasteiger partial charge in [0.05, 0.1) is 10.6 Å². The van der Waals surface area contributed by atoms with E-state index < -0.39 is 40.5 Å². The molecule has 0 aliphatic carbocycles. The molecule has 20 heavy (non-hydrogen) atoms. The van der Waals surface area contributed by atoms with Crippen LogP contribution in [0.3, 0.4) is 0 Å². The fraction of sp³-hybridized carbons (Fsp3) is 0.300. The van der Waals surface area contributed by atoms with Gasteiger partial charge in [-0.05, 0) is 0 Å². The van der Waals surface area contributed by atoms with Crippen molar-refractivity contribution in [3.63, 3.8) is 0 Å². The van der Waals surface area contributed by atoms with Gasteiger partial charge in [-0.15, -0.1) is 0 Å². The molecule has 1 aliphatic heterocycles. The maximum atomic E-state index is 13.0. The minimum atomic E-state index is -4.28. The lowest BCUT2D eigenvalue weighted by Crippen LogP contribution is -2.43. The number of nitrogens with one attached hydrogen (secondary N) is 1. The second kappa shape index (κ2) is 4.54. The molecule has 108 valence electrons. The lowest BCUT2D eigenvalue weighted by molar-refractivity contribution is -0.388. The Morgan fingerprint density at radius 1 is 1.50 bits per heavy atom. The Morgan fingerprint density at radius 3 is 2.70 bits per heavy atom. The molecule has 0 aromatic heterocycles. The Kier molecular flexibility index (Phi) is 3.16. The number of fused-ring (bicyclic) bond motifs is 1. The number of halogens is 3. The number of nitro benzene ring substituents is 1. The molecule has 1 atom stereocenters. The lowest BCUT2D eigenvalue weighted by Gasteiger charge is -2.28. The van der Waals surface area contributed by atoms with Crippen LogP contribution in [0.4, 0.5) is 24.5 Å². The maximum Gasteiger partial charge on any atom is 0.468 e. The molecule has 1 amide bonds. The Morgan fingerprint density at radius 2 is 2.15 bits per heavy atom. The average molecular weight is 292 g/mol. The third-order valence-corrected chi connectivity index (χ3v) is 2.28. The summed E-state index contributed by atoms with van der Waals surface area (Å²) < 4.78 is 47.3. The van der Waals surface area contributed by atoms with Gasteiger partial charge in [0.1, 0.15) is 0 Å². The molecular weight excluding hydrogens is 285 g/mol. The first-order valence-corrected chi connectivity index (χ1v) is 5.18. The predicted molar refractivity (Wildman–Crippen MR) is 58.5 cm³/mol. The lowest BCUT2D eigenvalue weighted by atomic mass is 10.2. The molecule has 0 fully saturated rings. The smallest absolute Gasteiger partial charge is 0.440 e. The van der Waals surface area contributed by atoms with Crippen LogP contribution >= 0.6 is 0 Å². The molecule has 0 bridgehead atoms. The van der Waals surface area contributed by atoms with E-state index in [1.807, 2.05) is 0 Å². The van der Waals surface area contributed by atoms with Gasteiger partial charge in [-0.1, -0.05) is 0 Å². The van der Waals surface area contributed by atoms with Crippen LogP contribution in [-0.4, -0.2) is 23.3 Å². The number of amides is 1. The first kappa shape index (κ1) is 13.9. The summed E-state index contributed by atoms with van der Waals surface area (Å²) in [6.07, 6.45) is -7.45. The maximum absolute atomic E-state index is 13.0. The van der Waals surface area contributed by atoms with Crippen molar-refractivity contribution in [2.75, 3.05) is 5.32 Å². The summed E-state index contributed by atoms with van der Waals surface area (Å²) in [6.45, 7) is 1.12. The number of nitro groups is 1. The highest BCUT2D eigenvalue weighted by molar-refractivity contribution is 5.90. The van der Waals surface area contributed by atoms with E-state index in [1.165, 1.54) is 0 Å². The number of rotatable bonds is 2. The number of hydrogen-bond acceptors (Lipinski definition) is 5. The molecule has 1 heterocycles. The summed E-state index contributed by atoms with van der Waals surface area (Å²) in [5.41, 5.74) is -0.955. The topological polar surface area (TPSA) is 90.7 Å². The predicted octanol–water partition coefficient (Wildman–Crippen LogP) is 2.21. The average Bonchev–Trinajstić information content (AvgIpc) is 2.28. The molecule has 1 aromatic carbocycles. The second-order valence-corrected chi connectivity index (χ2v) is 3.86. The Balaban J connectivity index is 2.54. The summed E-state index contributed by atoms with van der Waals surface area (Å²) >= 11 is 0. The number of anilines is 1. The highest BCUT2D eigenvalue weighted by atomic mass is 19.3. The van der Waals surface area contributed by atoms with Crippen molar-refractivity contribution in [3.8, 4) is 11.5 Å². The number of nitrogens with zero attached hydrogens (tertiary/aromatic N) is 1. The zero-order valence-corrected chi connectivity index (χ0v) is 9.85. The Labute approximate surface area is 109 Å². The summed E-state index contributed by atoms with van der Waals surface area (Å²) in [4.78, 5) is 20.7. The molecule has 0 saturated carbocycles. The molecule has 1 unspecified atom stereocenters. The van der Waals surface area contributed by atoms with Gasteiger partial charge in [0.15, 0.2) is 5.75 Å². The van der Waals surface area contributed by atoms with Gasteiger partial charge < -0.3 is 14.8 Å². The molecule has 10 heteroatoms. The first-order valence-electron chi connectivity index (χ1n) is 5.18. The molecule has 1 N–H and O–H groups in total. The fourth-order valence-corrected chi connectivity index (χ4v) is 1.56. The van der Waals surface area contributed by atoms with E-state index in [-0.39, 0.29) is 5.69 Å². The highest BCUT2D eigenvalue weighted by Crippen LogP contribution is 2.47. The molecule has 1 aliphatic rings. The van der Waals surface area contributed by atoms with Crippen LogP contribution in [0.15, 0.2) is 12.1 Å². The minimum Gasteiger partial charge on any atom is -0.440 e. The van der Waals surface area contributed by atoms with Crippen LogP contribution < -0.4 is 14.8 Å². The second-order valence-electron chi connectivity index (χ2n) is 3.86. The van der Waals surface area contributed by atoms with E-state index in [0.29, 0.717) is 0 Å². The minimum absolute atomic E-state index is 0.153. The highest BCUT2D eigenvalue weighted by Gasteiger charge is 2.51. The largest absolute Gasteiger partial charge is 0.468 e. The fourth-order valence-electron chi connectivity index (χ4n) is 1.56. The molecule has 1 aromatic rings. The number of benzene rings is 1. The zero-order valence-electron chi connectivity index (χ0n) is 9.85. The number of hydrogen-bond donors (Lipinski definition) is 1. The third kappa shape index (κ3) is 2.44.